The molecule has 3 heterocycles. The number of rotatable bonds is 5. The normalized spacial score (nSPS) is 19.0. The van der Waals surface area contributed by atoms with E-state index in [-0.39, 0.29) is 10.6 Å². The molecule has 2 aliphatic rings. The van der Waals surface area contributed by atoms with Crippen LogP contribution in [0.5, 0.6) is 0 Å². The minimum absolute atomic E-state index is 0.0402. The lowest BCUT2D eigenvalue weighted by molar-refractivity contribution is -0.116. The zero-order valence-electron chi connectivity index (χ0n) is 15.3. The van der Waals surface area contributed by atoms with Crippen molar-refractivity contribution in [2.45, 2.75) is 30.5 Å². The van der Waals surface area contributed by atoms with Crippen molar-refractivity contribution in [2.24, 2.45) is 0 Å². The van der Waals surface area contributed by atoms with Crippen LogP contribution in [0, 0.1) is 5.41 Å². The maximum Gasteiger partial charge on any atom is 0.257 e. The van der Waals surface area contributed by atoms with E-state index in [0.29, 0.717) is 17.3 Å². The molecule has 0 bridgehead atoms. The Hall–Kier alpha value is -1.83. The predicted molar refractivity (Wildman–Crippen MR) is 117 cm³/mol. The standard InChI is InChI=1S/C20H21ClN4OS2/c21-17-8-7-16(28-17)19(26)23-11-15-12-27-20(24-15)14-5-3-13(4-6-14)18(22)25-9-1-2-10-25/h3-7,12,17,22H,1-2,8-11H2,(H,23,26). The third-order valence-electron chi connectivity index (χ3n) is 4.78. The molecule has 1 fully saturated rings. The van der Waals surface area contributed by atoms with E-state index in [9.17, 15) is 4.79 Å². The van der Waals surface area contributed by atoms with Crippen LogP contribution in [0.2, 0.25) is 0 Å². The van der Waals surface area contributed by atoms with Gasteiger partial charge in [-0.25, -0.2) is 4.98 Å². The number of carbonyl (C=O) groups is 1. The number of allylic oxidation sites excluding steroid dienone is 1. The summed E-state index contributed by atoms with van der Waals surface area (Å²) < 4.78 is -0.0402. The van der Waals surface area contributed by atoms with Crippen molar-refractivity contribution >= 4 is 46.4 Å². The number of amidine groups is 1. The average molecular weight is 433 g/mol. The molecule has 1 saturated heterocycles. The number of nitrogens with one attached hydrogen (secondary N) is 2. The number of thioether (sulfide) groups is 1. The molecular weight excluding hydrogens is 412 g/mol. The summed E-state index contributed by atoms with van der Waals surface area (Å²) in [5.74, 6) is 0.511. The second kappa shape index (κ2) is 8.68. The minimum Gasteiger partial charge on any atom is -0.357 e. The molecule has 146 valence electrons. The van der Waals surface area contributed by atoms with Gasteiger partial charge < -0.3 is 10.2 Å². The van der Waals surface area contributed by atoms with Gasteiger partial charge in [-0.2, -0.15) is 0 Å². The van der Waals surface area contributed by atoms with Crippen molar-refractivity contribution in [3.05, 3.63) is 51.9 Å². The number of nitrogens with zero attached hydrogens (tertiary/aromatic N) is 2. The third-order valence-corrected chi connectivity index (χ3v) is 7.22. The van der Waals surface area contributed by atoms with Gasteiger partial charge in [0.15, 0.2) is 0 Å². The highest BCUT2D eigenvalue weighted by Gasteiger charge is 2.21. The summed E-state index contributed by atoms with van der Waals surface area (Å²) in [4.78, 5) is 19.6. The molecule has 4 rings (SSSR count). The van der Waals surface area contributed by atoms with Crippen LogP contribution in [-0.2, 0) is 11.3 Å². The largest absolute Gasteiger partial charge is 0.357 e. The van der Waals surface area contributed by atoms with E-state index < -0.39 is 0 Å². The number of benzene rings is 1. The molecule has 8 heteroatoms. The third kappa shape index (κ3) is 4.42. The fraction of sp³-hybridized carbons (Fsp3) is 0.350. The molecule has 1 aromatic heterocycles. The first-order valence-electron chi connectivity index (χ1n) is 9.28. The molecule has 0 saturated carbocycles. The molecule has 5 nitrogen and oxygen atoms in total. The van der Waals surface area contributed by atoms with Crippen LogP contribution in [-0.4, -0.2) is 39.4 Å². The first kappa shape index (κ1) is 19.5. The zero-order chi connectivity index (χ0) is 19.5. The van der Waals surface area contributed by atoms with Crippen LogP contribution in [0.3, 0.4) is 0 Å². The Morgan fingerprint density at radius 1 is 1.29 bits per heavy atom. The van der Waals surface area contributed by atoms with Gasteiger partial charge in [-0.05, 0) is 19.3 Å². The lowest BCUT2D eigenvalue weighted by Crippen LogP contribution is -2.27. The van der Waals surface area contributed by atoms with E-state index in [1.165, 1.54) is 24.6 Å². The Kier molecular flexibility index (Phi) is 6.04. The second-order valence-corrected chi connectivity index (χ2v) is 9.67. The van der Waals surface area contributed by atoms with E-state index in [0.717, 1.165) is 41.3 Å². The number of amides is 1. The van der Waals surface area contributed by atoms with Crippen molar-refractivity contribution in [3.8, 4) is 10.6 Å². The van der Waals surface area contributed by atoms with Crippen molar-refractivity contribution < 1.29 is 4.79 Å². The number of halogens is 1. The summed E-state index contributed by atoms with van der Waals surface area (Å²) in [6.07, 6.45) is 4.94. The van der Waals surface area contributed by atoms with Gasteiger partial charge in [-0.3, -0.25) is 10.2 Å². The number of aromatic nitrogens is 1. The highest BCUT2D eigenvalue weighted by Crippen LogP contribution is 2.34. The lowest BCUT2D eigenvalue weighted by atomic mass is 10.1. The van der Waals surface area contributed by atoms with E-state index in [4.69, 9.17) is 17.0 Å². The fourth-order valence-electron chi connectivity index (χ4n) is 3.25. The SMILES string of the molecule is N=C(c1ccc(-c2nc(CNC(=O)C3=CCC(Cl)S3)cs2)cc1)N1CCCC1. The van der Waals surface area contributed by atoms with Gasteiger partial charge >= 0.3 is 0 Å². The summed E-state index contributed by atoms with van der Waals surface area (Å²) in [5.41, 5.74) is 2.81. The minimum atomic E-state index is -0.0903. The first-order chi connectivity index (χ1) is 13.6. The maximum absolute atomic E-state index is 12.1. The highest BCUT2D eigenvalue weighted by molar-refractivity contribution is 8.05. The summed E-state index contributed by atoms with van der Waals surface area (Å²) in [5, 5.41) is 14.1. The second-order valence-electron chi connectivity index (χ2n) is 6.78. The number of alkyl halides is 1. The molecule has 1 amide bonds. The Balaban J connectivity index is 1.36. The quantitative estimate of drug-likeness (QED) is 0.416. The van der Waals surface area contributed by atoms with E-state index in [2.05, 4.69) is 15.2 Å². The lowest BCUT2D eigenvalue weighted by Gasteiger charge is -2.18. The smallest absolute Gasteiger partial charge is 0.257 e. The van der Waals surface area contributed by atoms with Gasteiger partial charge in [0.2, 0.25) is 0 Å². The Morgan fingerprint density at radius 3 is 2.71 bits per heavy atom. The summed E-state index contributed by atoms with van der Waals surface area (Å²) >= 11 is 8.97. The average Bonchev–Trinajstić information content (AvgIpc) is 3.47. The van der Waals surface area contributed by atoms with Crippen molar-refractivity contribution in [3.63, 3.8) is 0 Å². The molecule has 0 spiro atoms. The van der Waals surface area contributed by atoms with Crippen LogP contribution in [0.25, 0.3) is 10.6 Å². The van der Waals surface area contributed by atoms with Gasteiger partial charge in [0.25, 0.3) is 5.91 Å². The molecule has 2 aliphatic heterocycles. The number of carbonyl (C=O) groups excluding carboxylic acids is 1. The van der Waals surface area contributed by atoms with Crippen LogP contribution < -0.4 is 5.32 Å². The van der Waals surface area contributed by atoms with Crippen LogP contribution >= 0.6 is 34.7 Å². The topological polar surface area (TPSA) is 69.1 Å². The van der Waals surface area contributed by atoms with Crippen LogP contribution in [0.15, 0.2) is 40.6 Å². The van der Waals surface area contributed by atoms with Gasteiger partial charge in [0, 0.05) is 29.6 Å². The molecule has 2 aromatic rings. The van der Waals surface area contributed by atoms with Crippen LogP contribution in [0.4, 0.5) is 0 Å². The molecule has 2 N–H and O–H groups in total. The van der Waals surface area contributed by atoms with Crippen molar-refractivity contribution in [2.75, 3.05) is 13.1 Å². The van der Waals surface area contributed by atoms with Crippen molar-refractivity contribution in [1.82, 2.24) is 15.2 Å². The highest BCUT2D eigenvalue weighted by atomic mass is 35.5. The van der Waals surface area contributed by atoms with E-state index in [1.54, 1.807) is 11.3 Å². The summed E-state index contributed by atoms with van der Waals surface area (Å²) in [7, 11) is 0. The molecule has 1 atom stereocenters. The molecule has 1 unspecified atom stereocenters. The molecule has 1 aromatic carbocycles. The van der Waals surface area contributed by atoms with E-state index >= 15 is 0 Å². The maximum atomic E-state index is 12.1. The van der Waals surface area contributed by atoms with Gasteiger partial charge in [0.05, 0.1) is 21.9 Å². The van der Waals surface area contributed by atoms with Crippen molar-refractivity contribution in [1.29, 1.82) is 5.41 Å². The summed E-state index contributed by atoms with van der Waals surface area (Å²) in [6, 6.07) is 8.01. The number of likely N-dealkylation sites (tertiary alicyclic amines) is 1. The fourth-order valence-corrected chi connectivity index (χ4v) is 5.30. The molecular formula is C20H21ClN4OS2. The molecule has 0 aliphatic carbocycles. The van der Waals surface area contributed by atoms with Gasteiger partial charge in [-0.15, -0.1) is 34.7 Å². The Labute approximate surface area is 177 Å². The predicted octanol–water partition coefficient (Wildman–Crippen LogP) is 4.43. The Bertz CT molecular complexity index is 903. The summed E-state index contributed by atoms with van der Waals surface area (Å²) in [6.45, 7) is 2.35. The number of hydrogen-bond donors (Lipinski definition) is 2. The van der Waals surface area contributed by atoms with Crippen LogP contribution in [0.1, 0.15) is 30.5 Å². The molecule has 28 heavy (non-hydrogen) atoms. The number of thiazole rings is 1. The monoisotopic (exact) mass is 432 g/mol. The first-order valence-corrected chi connectivity index (χ1v) is 11.5. The number of hydrogen-bond acceptors (Lipinski definition) is 5. The zero-order valence-corrected chi connectivity index (χ0v) is 17.7. The molecule has 0 radical (unpaired) electrons. The van der Waals surface area contributed by atoms with Gasteiger partial charge in [-0.1, -0.05) is 30.3 Å². The van der Waals surface area contributed by atoms with Gasteiger partial charge in [0.1, 0.15) is 10.8 Å². The van der Waals surface area contributed by atoms with E-state index in [1.807, 2.05) is 35.7 Å². The Morgan fingerprint density at radius 2 is 2.04 bits per heavy atom.